The van der Waals surface area contributed by atoms with Gasteiger partial charge in [-0.25, -0.2) is 9.67 Å². The average molecular weight is 371 g/mol. The van der Waals surface area contributed by atoms with Crippen LogP contribution in [0.2, 0.25) is 0 Å². The van der Waals surface area contributed by atoms with Crippen molar-refractivity contribution in [2.75, 3.05) is 49.6 Å². The van der Waals surface area contributed by atoms with Gasteiger partial charge in [0.15, 0.2) is 5.82 Å². The predicted molar refractivity (Wildman–Crippen MR) is 101 cm³/mol. The van der Waals surface area contributed by atoms with Gasteiger partial charge in [-0.15, -0.1) is 0 Å². The van der Waals surface area contributed by atoms with E-state index in [1.54, 1.807) is 24.0 Å². The number of aryl methyl sites for hydroxylation is 1. The normalized spacial score (nSPS) is 18.5. The lowest BCUT2D eigenvalue weighted by Crippen LogP contribution is -2.36. The topological polar surface area (TPSA) is 97.2 Å². The van der Waals surface area contributed by atoms with E-state index in [-0.39, 0.29) is 5.91 Å². The summed E-state index contributed by atoms with van der Waals surface area (Å²) in [5.41, 5.74) is 0.499. The summed E-state index contributed by atoms with van der Waals surface area (Å²) in [7, 11) is 1.80. The lowest BCUT2D eigenvalue weighted by molar-refractivity contribution is 0.102. The second-order valence-corrected chi connectivity index (χ2v) is 6.90. The molecule has 2 fully saturated rings. The minimum absolute atomic E-state index is 0.233. The van der Waals surface area contributed by atoms with Crippen LogP contribution in [-0.2, 0) is 11.8 Å². The van der Waals surface area contributed by atoms with Crippen molar-refractivity contribution in [2.24, 2.45) is 7.05 Å². The van der Waals surface area contributed by atoms with Crippen molar-refractivity contribution < 1.29 is 9.53 Å². The van der Waals surface area contributed by atoms with Gasteiger partial charge in [-0.05, 0) is 38.1 Å². The van der Waals surface area contributed by atoms with Gasteiger partial charge in [0.2, 0.25) is 5.95 Å². The summed E-state index contributed by atoms with van der Waals surface area (Å²) in [4.78, 5) is 23.7. The lowest BCUT2D eigenvalue weighted by atomic mass is 9.98. The summed E-state index contributed by atoms with van der Waals surface area (Å²) < 4.78 is 6.98. The fraction of sp³-hybridized carbons (Fsp3) is 0.556. The molecule has 2 N–H and O–H groups in total. The van der Waals surface area contributed by atoms with Gasteiger partial charge in [-0.3, -0.25) is 10.1 Å². The first-order valence-corrected chi connectivity index (χ1v) is 9.42. The Hall–Kier alpha value is -2.52. The number of pyridine rings is 1. The predicted octanol–water partition coefficient (Wildman–Crippen LogP) is 0.766. The number of rotatable bonds is 4. The standard InChI is InChI=1S/C18H25N7O2/c1-24-18(21-16(23-24)13-4-6-19-7-5-13)22-17(26)14-2-3-15(20-12-14)25-8-10-27-11-9-25/h2-3,12-13,19H,4-11H2,1H3,(H,21,22,23,26). The van der Waals surface area contributed by atoms with E-state index in [9.17, 15) is 4.79 Å². The molecule has 2 aromatic heterocycles. The molecule has 0 bridgehead atoms. The van der Waals surface area contributed by atoms with Gasteiger partial charge >= 0.3 is 0 Å². The summed E-state index contributed by atoms with van der Waals surface area (Å²) in [5, 5.41) is 10.7. The molecule has 9 heteroatoms. The van der Waals surface area contributed by atoms with Crippen LogP contribution in [0.3, 0.4) is 0 Å². The third-order valence-corrected chi connectivity index (χ3v) is 5.05. The molecule has 4 heterocycles. The Labute approximate surface area is 158 Å². The number of piperidine rings is 1. The van der Waals surface area contributed by atoms with Gasteiger partial charge < -0.3 is 15.0 Å². The second kappa shape index (κ2) is 8.01. The number of carbonyl (C=O) groups excluding carboxylic acids is 1. The van der Waals surface area contributed by atoms with Crippen LogP contribution in [0.1, 0.15) is 34.9 Å². The Balaban J connectivity index is 1.42. The fourth-order valence-electron chi connectivity index (χ4n) is 3.44. The van der Waals surface area contributed by atoms with Crippen molar-refractivity contribution in [3.8, 4) is 0 Å². The van der Waals surface area contributed by atoms with E-state index >= 15 is 0 Å². The molecule has 0 aliphatic carbocycles. The highest BCUT2D eigenvalue weighted by Gasteiger charge is 2.21. The molecule has 2 aromatic rings. The van der Waals surface area contributed by atoms with Gasteiger partial charge in [-0.2, -0.15) is 10.1 Å². The van der Waals surface area contributed by atoms with Crippen molar-refractivity contribution in [1.29, 1.82) is 0 Å². The third-order valence-electron chi connectivity index (χ3n) is 5.05. The van der Waals surface area contributed by atoms with Crippen LogP contribution in [-0.4, -0.2) is 65.0 Å². The highest BCUT2D eigenvalue weighted by Crippen LogP contribution is 2.23. The SMILES string of the molecule is Cn1nc(C2CCNCC2)nc1NC(=O)c1ccc(N2CCOCC2)nc1. The molecular weight excluding hydrogens is 346 g/mol. The smallest absolute Gasteiger partial charge is 0.259 e. The van der Waals surface area contributed by atoms with E-state index in [1.165, 1.54) is 0 Å². The highest BCUT2D eigenvalue weighted by molar-refractivity contribution is 6.03. The molecule has 9 nitrogen and oxygen atoms in total. The number of ether oxygens (including phenoxy) is 1. The molecule has 1 amide bonds. The number of hydrogen-bond donors (Lipinski definition) is 2. The van der Waals surface area contributed by atoms with E-state index < -0.39 is 0 Å². The molecule has 0 radical (unpaired) electrons. The average Bonchev–Trinajstić information content (AvgIpc) is 3.10. The third kappa shape index (κ3) is 4.09. The van der Waals surface area contributed by atoms with Crippen molar-refractivity contribution in [1.82, 2.24) is 25.1 Å². The summed E-state index contributed by atoms with van der Waals surface area (Å²) in [6.07, 6.45) is 3.64. The van der Waals surface area contributed by atoms with Crippen molar-refractivity contribution >= 4 is 17.7 Å². The Kier molecular flexibility index (Phi) is 5.30. The van der Waals surface area contributed by atoms with Gasteiger partial charge in [0.25, 0.3) is 5.91 Å². The molecule has 2 saturated heterocycles. The highest BCUT2D eigenvalue weighted by atomic mass is 16.5. The minimum Gasteiger partial charge on any atom is -0.378 e. The van der Waals surface area contributed by atoms with Gasteiger partial charge in [0.1, 0.15) is 5.82 Å². The van der Waals surface area contributed by atoms with Gasteiger partial charge in [0.05, 0.1) is 18.8 Å². The summed E-state index contributed by atoms with van der Waals surface area (Å²) in [5.74, 6) is 2.24. The maximum absolute atomic E-state index is 12.6. The van der Waals surface area contributed by atoms with Gasteiger partial charge in [-0.1, -0.05) is 0 Å². The quantitative estimate of drug-likeness (QED) is 0.819. The molecule has 2 aliphatic rings. The molecule has 27 heavy (non-hydrogen) atoms. The van der Waals surface area contributed by atoms with Gasteiger partial charge in [0, 0.05) is 32.3 Å². The zero-order chi connectivity index (χ0) is 18.6. The van der Waals surface area contributed by atoms with Crippen LogP contribution < -0.4 is 15.5 Å². The van der Waals surface area contributed by atoms with E-state index in [4.69, 9.17) is 4.74 Å². The zero-order valence-corrected chi connectivity index (χ0v) is 15.5. The first-order chi connectivity index (χ1) is 13.2. The van der Waals surface area contributed by atoms with Crippen LogP contribution in [0.25, 0.3) is 0 Å². The van der Waals surface area contributed by atoms with E-state index in [0.717, 1.165) is 50.7 Å². The Morgan fingerprint density at radius 3 is 2.74 bits per heavy atom. The number of anilines is 2. The monoisotopic (exact) mass is 371 g/mol. The molecular formula is C18H25N7O2. The lowest BCUT2D eigenvalue weighted by Gasteiger charge is -2.27. The number of nitrogens with one attached hydrogen (secondary N) is 2. The summed E-state index contributed by atoms with van der Waals surface area (Å²) >= 11 is 0. The Morgan fingerprint density at radius 2 is 2.04 bits per heavy atom. The van der Waals surface area contributed by atoms with Crippen LogP contribution in [0.15, 0.2) is 18.3 Å². The van der Waals surface area contributed by atoms with E-state index in [0.29, 0.717) is 30.6 Å². The van der Waals surface area contributed by atoms with Crippen LogP contribution in [0.4, 0.5) is 11.8 Å². The fourth-order valence-corrected chi connectivity index (χ4v) is 3.44. The van der Waals surface area contributed by atoms with Crippen molar-refractivity contribution in [3.05, 3.63) is 29.7 Å². The molecule has 2 aliphatic heterocycles. The first-order valence-electron chi connectivity index (χ1n) is 9.42. The number of amides is 1. The first kappa shape index (κ1) is 17.9. The maximum atomic E-state index is 12.6. The Morgan fingerprint density at radius 1 is 1.26 bits per heavy atom. The van der Waals surface area contributed by atoms with Crippen molar-refractivity contribution in [2.45, 2.75) is 18.8 Å². The molecule has 0 aromatic carbocycles. The molecule has 0 spiro atoms. The molecule has 0 unspecified atom stereocenters. The molecule has 4 rings (SSSR count). The number of aromatic nitrogens is 4. The molecule has 0 atom stereocenters. The maximum Gasteiger partial charge on any atom is 0.259 e. The van der Waals surface area contributed by atoms with Crippen LogP contribution in [0, 0.1) is 0 Å². The van der Waals surface area contributed by atoms with Crippen molar-refractivity contribution in [3.63, 3.8) is 0 Å². The number of hydrogen-bond acceptors (Lipinski definition) is 7. The largest absolute Gasteiger partial charge is 0.378 e. The van der Waals surface area contributed by atoms with Crippen LogP contribution >= 0.6 is 0 Å². The summed E-state index contributed by atoms with van der Waals surface area (Å²) in [6.45, 7) is 5.00. The number of nitrogens with zero attached hydrogens (tertiary/aromatic N) is 5. The number of carbonyl (C=O) groups is 1. The van der Waals surface area contributed by atoms with E-state index in [1.807, 2.05) is 6.07 Å². The molecule has 0 saturated carbocycles. The minimum atomic E-state index is -0.233. The number of morpholine rings is 1. The zero-order valence-electron chi connectivity index (χ0n) is 15.5. The summed E-state index contributed by atoms with van der Waals surface area (Å²) in [6, 6.07) is 3.66. The molecule has 144 valence electrons. The van der Waals surface area contributed by atoms with E-state index in [2.05, 4.69) is 30.6 Å². The van der Waals surface area contributed by atoms with Crippen LogP contribution in [0.5, 0.6) is 0 Å². The second-order valence-electron chi connectivity index (χ2n) is 6.90. The Bertz CT molecular complexity index is 778.